The summed E-state index contributed by atoms with van der Waals surface area (Å²) in [5.41, 5.74) is 0. The van der Waals surface area contributed by atoms with E-state index in [1.807, 2.05) is 0 Å². The zero-order valence-electron chi connectivity index (χ0n) is 16.0. The maximum Gasteiger partial charge on any atom is 0.331 e. The van der Waals surface area contributed by atoms with Crippen molar-refractivity contribution in [3.63, 3.8) is 0 Å². The molecule has 0 aromatic heterocycles. The van der Waals surface area contributed by atoms with Crippen LogP contribution in [0.15, 0.2) is 12.2 Å². The summed E-state index contributed by atoms with van der Waals surface area (Å²) in [7, 11) is 0. The maximum absolute atomic E-state index is 11.6. The minimum atomic E-state index is -0.461. The molecule has 4 nitrogen and oxygen atoms in total. The molecule has 1 saturated carbocycles. The van der Waals surface area contributed by atoms with Gasteiger partial charge < -0.3 is 9.47 Å². The van der Waals surface area contributed by atoms with Crippen LogP contribution in [0.1, 0.15) is 90.4 Å². The molecule has 0 unspecified atom stereocenters. The van der Waals surface area contributed by atoms with E-state index in [2.05, 4.69) is 6.92 Å². The summed E-state index contributed by atoms with van der Waals surface area (Å²) in [6.45, 7) is 3.12. The Bertz CT molecular complexity index is 383. The zero-order chi connectivity index (χ0) is 18.2. The minimum absolute atomic E-state index is 0.426. The van der Waals surface area contributed by atoms with E-state index in [1.54, 1.807) is 0 Å². The van der Waals surface area contributed by atoms with Gasteiger partial charge in [0.2, 0.25) is 0 Å². The van der Waals surface area contributed by atoms with Crippen molar-refractivity contribution in [1.82, 2.24) is 0 Å². The number of carbonyl (C=O) groups is 2. The van der Waals surface area contributed by atoms with E-state index in [1.165, 1.54) is 69.9 Å². The molecule has 0 heterocycles. The van der Waals surface area contributed by atoms with Gasteiger partial charge in [-0.2, -0.15) is 0 Å². The molecule has 0 radical (unpaired) electrons. The Morgan fingerprint density at radius 3 is 2.00 bits per heavy atom. The van der Waals surface area contributed by atoms with Crippen LogP contribution >= 0.6 is 0 Å². The Labute approximate surface area is 153 Å². The second-order valence-electron chi connectivity index (χ2n) is 7.11. The van der Waals surface area contributed by atoms with E-state index in [9.17, 15) is 9.59 Å². The molecule has 0 aromatic carbocycles. The van der Waals surface area contributed by atoms with Gasteiger partial charge in [-0.3, -0.25) is 0 Å². The molecule has 0 spiro atoms. The highest BCUT2D eigenvalue weighted by Gasteiger charge is 2.14. The van der Waals surface area contributed by atoms with Crippen molar-refractivity contribution in [3.05, 3.63) is 12.2 Å². The molecule has 144 valence electrons. The van der Waals surface area contributed by atoms with E-state index in [4.69, 9.17) is 9.47 Å². The molecule has 1 fully saturated rings. The number of esters is 2. The van der Waals surface area contributed by atoms with Crippen LogP contribution in [-0.2, 0) is 19.1 Å². The minimum Gasteiger partial charge on any atom is -0.463 e. The molecule has 0 aromatic rings. The van der Waals surface area contributed by atoms with Gasteiger partial charge in [-0.05, 0) is 25.2 Å². The second kappa shape index (κ2) is 15.0. The van der Waals surface area contributed by atoms with Crippen LogP contribution in [0.3, 0.4) is 0 Å². The van der Waals surface area contributed by atoms with Gasteiger partial charge in [0.1, 0.15) is 0 Å². The first-order chi connectivity index (χ1) is 12.2. The van der Waals surface area contributed by atoms with Crippen molar-refractivity contribution in [2.24, 2.45) is 5.92 Å². The van der Waals surface area contributed by atoms with Crippen LogP contribution in [0.4, 0.5) is 0 Å². The highest BCUT2D eigenvalue weighted by molar-refractivity contribution is 5.91. The van der Waals surface area contributed by atoms with Crippen molar-refractivity contribution in [2.45, 2.75) is 90.4 Å². The fourth-order valence-electron chi connectivity index (χ4n) is 3.19. The molecular formula is C21H36O4. The van der Waals surface area contributed by atoms with Crippen molar-refractivity contribution < 1.29 is 19.1 Å². The highest BCUT2D eigenvalue weighted by Crippen LogP contribution is 2.23. The number of carbonyl (C=O) groups excluding carboxylic acids is 2. The predicted molar refractivity (Wildman–Crippen MR) is 100 cm³/mol. The van der Waals surface area contributed by atoms with E-state index in [-0.39, 0.29) is 0 Å². The van der Waals surface area contributed by atoms with E-state index >= 15 is 0 Å². The number of rotatable bonds is 13. The van der Waals surface area contributed by atoms with Gasteiger partial charge in [0.05, 0.1) is 13.2 Å². The largest absolute Gasteiger partial charge is 0.463 e. The van der Waals surface area contributed by atoms with Crippen LogP contribution in [0.5, 0.6) is 0 Å². The third-order valence-corrected chi connectivity index (χ3v) is 4.78. The standard InChI is InChI=1S/C21H36O4/c1-2-3-4-5-6-7-8-12-17-24-20(22)15-16-21(23)25-18-19-13-10-9-11-14-19/h15-16,19H,2-14,17-18H2,1H3/b16-15+. The molecule has 0 bridgehead atoms. The van der Waals surface area contributed by atoms with Gasteiger partial charge in [-0.15, -0.1) is 0 Å². The first-order valence-electron chi connectivity index (χ1n) is 10.2. The lowest BCUT2D eigenvalue weighted by molar-refractivity contribution is -0.141. The Hall–Kier alpha value is -1.32. The summed E-state index contributed by atoms with van der Waals surface area (Å²) in [4.78, 5) is 23.1. The topological polar surface area (TPSA) is 52.6 Å². The smallest absolute Gasteiger partial charge is 0.331 e. The van der Waals surface area contributed by atoms with Crippen molar-refractivity contribution in [2.75, 3.05) is 13.2 Å². The average molecular weight is 353 g/mol. The fraction of sp³-hybridized carbons (Fsp3) is 0.810. The molecule has 0 amide bonds. The second-order valence-corrected chi connectivity index (χ2v) is 7.11. The lowest BCUT2D eigenvalue weighted by atomic mass is 9.90. The van der Waals surface area contributed by atoms with Gasteiger partial charge in [-0.25, -0.2) is 9.59 Å². The summed E-state index contributed by atoms with van der Waals surface area (Å²) < 4.78 is 10.3. The molecule has 25 heavy (non-hydrogen) atoms. The van der Waals surface area contributed by atoms with Crippen LogP contribution in [0.25, 0.3) is 0 Å². The van der Waals surface area contributed by atoms with Gasteiger partial charge in [0.15, 0.2) is 0 Å². The van der Waals surface area contributed by atoms with Crippen molar-refractivity contribution in [3.8, 4) is 0 Å². The summed E-state index contributed by atoms with van der Waals surface area (Å²) in [6, 6.07) is 0. The van der Waals surface area contributed by atoms with Crippen molar-refractivity contribution in [1.29, 1.82) is 0 Å². The maximum atomic E-state index is 11.6. The average Bonchev–Trinajstić information content (AvgIpc) is 2.64. The van der Waals surface area contributed by atoms with Gasteiger partial charge >= 0.3 is 11.9 Å². The SMILES string of the molecule is CCCCCCCCCCOC(=O)/C=C/C(=O)OCC1CCCCC1. The van der Waals surface area contributed by atoms with Gasteiger partial charge in [0, 0.05) is 12.2 Å². The normalized spacial score (nSPS) is 15.4. The molecule has 1 aliphatic carbocycles. The molecule has 1 aliphatic rings. The molecule has 0 aliphatic heterocycles. The third kappa shape index (κ3) is 12.7. The number of hydrogen-bond donors (Lipinski definition) is 0. The van der Waals surface area contributed by atoms with Crippen LogP contribution in [0.2, 0.25) is 0 Å². The Morgan fingerprint density at radius 2 is 1.36 bits per heavy atom. The van der Waals surface area contributed by atoms with Crippen LogP contribution < -0.4 is 0 Å². The highest BCUT2D eigenvalue weighted by atomic mass is 16.5. The quantitative estimate of drug-likeness (QED) is 0.255. The molecule has 1 rings (SSSR count). The molecule has 0 atom stereocenters. The molecule has 4 heteroatoms. The first-order valence-corrected chi connectivity index (χ1v) is 10.2. The Kier molecular flexibility index (Phi) is 13.0. The number of hydrogen-bond acceptors (Lipinski definition) is 4. The van der Waals surface area contributed by atoms with E-state index < -0.39 is 11.9 Å². The lowest BCUT2D eigenvalue weighted by Crippen LogP contribution is -2.15. The summed E-state index contributed by atoms with van der Waals surface area (Å²) in [6.07, 6.45) is 18.0. The van der Waals surface area contributed by atoms with Crippen molar-refractivity contribution >= 4 is 11.9 Å². The van der Waals surface area contributed by atoms with Crippen LogP contribution in [0, 0.1) is 5.92 Å². The Morgan fingerprint density at radius 1 is 0.800 bits per heavy atom. The fourth-order valence-corrected chi connectivity index (χ4v) is 3.19. The number of unbranched alkanes of at least 4 members (excludes halogenated alkanes) is 7. The van der Waals surface area contributed by atoms with Gasteiger partial charge in [0.25, 0.3) is 0 Å². The number of ether oxygens (including phenoxy) is 2. The third-order valence-electron chi connectivity index (χ3n) is 4.78. The first kappa shape index (κ1) is 21.7. The monoisotopic (exact) mass is 352 g/mol. The molecule has 0 saturated heterocycles. The summed E-state index contributed by atoms with van der Waals surface area (Å²) in [5, 5.41) is 0. The van der Waals surface area contributed by atoms with E-state index in [0.29, 0.717) is 19.1 Å². The Balaban J connectivity index is 1.95. The molecular weight excluding hydrogens is 316 g/mol. The zero-order valence-corrected chi connectivity index (χ0v) is 16.0. The van der Waals surface area contributed by atoms with E-state index in [0.717, 1.165) is 25.7 Å². The lowest BCUT2D eigenvalue weighted by Gasteiger charge is -2.20. The predicted octanol–water partition coefficient (Wildman–Crippen LogP) is 5.35. The van der Waals surface area contributed by atoms with Crippen LogP contribution in [-0.4, -0.2) is 25.2 Å². The summed E-state index contributed by atoms with van der Waals surface area (Å²) >= 11 is 0. The summed E-state index contributed by atoms with van der Waals surface area (Å²) in [5.74, 6) is -0.424. The van der Waals surface area contributed by atoms with Gasteiger partial charge in [-0.1, -0.05) is 71.1 Å². The molecule has 0 N–H and O–H groups in total.